The Bertz CT molecular complexity index is 6270. The molecule has 123 heavy (non-hydrogen) atoms. The second-order valence-corrected chi connectivity index (χ2v) is 48.1. The Morgan fingerprint density at radius 3 is 0.886 bits per heavy atom. The van der Waals surface area contributed by atoms with Crippen LogP contribution in [-0.2, 0) is 43.3 Å². The van der Waals surface area contributed by atoms with E-state index in [1.165, 1.54) is 99.8 Å². The van der Waals surface area contributed by atoms with Gasteiger partial charge in [0.2, 0.25) is 0 Å². The molecule has 14 bridgehead atoms. The Kier molecular flexibility index (Phi) is 16.6. The number of methoxy groups -OCH3 is 2. The number of rotatable bonds is 6. The Morgan fingerprint density at radius 2 is 0.593 bits per heavy atom. The van der Waals surface area contributed by atoms with Crippen molar-refractivity contribution in [3.05, 3.63) is 235 Å². The molecule has 630 valence electrons. The van der Waals surface area contributed by atoms with E-state index in [1.807, 2.05) is 14.2 Å². The first kappa shape index (κ1) is 80.2. The zero-order chi connectivity index (χ0) is 87.2. The van der Waals surface area contributed by atoms with Crippen molar-refractivity contribution in [1.29, 1.82) is 0 Å². The van der Waals surface area contributed by atoms with Gasteiger partial charge in [0.25, 0.3) is 0 Å². The lowest BCUT2D eigenvalue weighted by Gasteiger charge is -2.84. The van der Waals surface area contributed by atoms with Crippen LogP contribution in [0.3, 0.4) is 0 Å². The fourth-order valence-corrected chi connectivity index (χ4v) is 26.1. The summed E-state index contributed by atoms with van der Waals surface area (Å²) in [5, 5.41) is 2.41. The van der Waals surface area contributed by atoms with Crippen molar-refractivity contribution in [2.75, 3.05) is 14.2 Å². The number of aromatic nitrogens is 6. The Labute approximate surface area is 731 Å². The SMILES string of the molecule is C=C1C(=C)[C@@H]2C[C@H]1c1cc3c(OC)c4c(c(OC)c3cc12)[C@@H]1C[C@H]4C2C1[C@@]1(C)C3C([C@H]4C[C@@H]3c3cc5nc6c(nc5cc34)-c3nc-6c(-c4cc(C(C)(C)C)cc(C(C)(C)C)c4)c4ccc([nH]4)c(-c4cc(C(C)(C)C)cc(C(C)(C)C)c4)c4nc(c(-c5cc(C(C)(C)C)cc(C(C)(C)C)c5)c5ccc([nH]5)c3-c3cc(C(C)(C)C)cc(C(C)(C)C)c3)C=C4)[C@@]21C. The number of aromatic amines is 2. The van der Waals surface area contributed by atoms with Crippen molar-refractivity contribution < 1.29 is 9.47 Å². The van der Waals surface area contributed by atoms with Crippen molar-refractivity contribution in [2.24, 2.45) is 34.5 Å². The third-order valence-corrected chi connectivity index (χ3v) is 32.8. The number of allylic oxidation sites excluding steroid dienone is 2. The summed E-state index contributed by atoms with van der Waals surface area (Å²) in [6, 6.07) is 48.7. The number of hydrogen-bond donors (Lipinski definition) is 2. The van der Waals surface area contributed by atoms with Crippen LogP contribution in [-0.4, -0.2) is 44.1 Å². The topological polar surface area (TPSA) is 102 Å². The van der Waals surface area contributed by atoms with Gasteiger partial charge in [-0.3, -0.25) is 0 Å². The predicted molar refractivity (Wildman–Crippen MR) is 515 cm³/mol. The van der Waals surface area contributed by atoms with Gasteiger partial charge in [-0.05, 0) is 282 Å². The van der Waals surface area contributed by atoms with Crippen molar-refractivity contribution in [2.45, 2.75) is 278 Å². The highest BCUT2D eigenvalue weighted by atomic mass is 16.5. The second kappa shape index (κ2) is 25.5. The average molecular weight is 1630 g/mol. The monoisotopic (exact) mass is 1630 g/mol. The van der Waals surface area contributed by atoms with Crippen LogP contribution in [0, 0.1) is 34.5 Å². The molecule has 10 aliphatic rings. The lowest BCUT2D eigenvalue weighted by atomic mass is 9.20. The molecule has 12 atom stereocenters. The van der Waals surface area contributed by atoms with Crippen LogP contribution < -0.4 is 9.47 Å². The van der Waals surface area contributed by atoms with E-state index in [4.69, 9.17) is 29.4 Å². The fourth-order valence-electron chi connectivity index (χ4n) is 26.1. The molecular formula is C115H128N6O2. The lowest BCUT2D eigenvalue weighted by Crippen LogP contribution is -2.79. The maximum atomic E-state index is 6.80. The van der Waals surface area contributed by atoms with Crippen LogP contribution in [0.5, 0.6) is 11.5 Å². The van der Waals surface area contributed by atoms with E-state index in [0.717, 1.165) is 143 Å². The minimum atomic E-state index is -0.213. The molecular weight excluding hydrogens is 1500 g/mol. The maximum absolute atomic E-state index is 6.80. The molecule has 4 aromatic heterocycles. The largest absolute Gasteiger partial charge is 0.496 e. The molecule has 8 nitrogen and oxygen atoms in total. The van der Waals surface area contributed by atoms with E-state index in [-0.39, 0.29) is 54.1 Å². The molecule has 0 spiro atoms. The van der Waals surface area contributed by atoms with Crippen molar-refractivity contribution in [3.8, 4) is 78.8 Å². The Hall–Kier alpha value is -9.92. The summed E-state index contributed by atoms with van der Waals surface area (Å²) in [6.45, 7) is 71.1. The van der Waals surface area contributed by atoms with Crippen LogP contribution in [0.25, 0.3) is 123 Å². The van der Waals surface area contributed by atoms with E-state index in [1.54, 1.807) is 0 Å². The summed E-state index contributed by atoms with van der Waals surface area (Å²) in [5.41, 5.74) is 39.0. The molecule has 0 amide bonds. The molecule has 0 saturated heterocycles. The van der Waals surface area contributed by atoms with E-state index in [0.29, 0.717) is 59.2 Å². The molecule has 2 aliphatic heterocycles. The molecule has 7 aromatic carbocycles. The molecule has 4 unspecified atom stereocenters. The van der Waals surface area contributed by atoms with Crippen molar-refractivity contribution in [3.63, 3.8) is 0 Å². The predicted octanol–water partition coefficient (Wildman–Crippen LogP) is 30.1. The lowest BCUT2D eigenvalue weighted by molar-refractivity contribution is -0.349. The number of fused-ring (bicyclic) bond motifs is 39. The number of benzene rings is 7. The summed E-state index contributed by atoms with van der Waals surface area (Å²) < 4.78 is 13.6. The van der Waals surface area contributed by atoms with Crippen LogP contribution >= 0.6 is 0 Å². The van der Waals surface area contributed by atoms with Crippen molar-refractivity contribution in [1.82, 2.24) is 29.9 Å². The fraction of sp³-hybridized carbons (Fsp3) is 0.443. The van der Waals surface area contributed by atoms with E-state index in [9.17, 15) is 0 Å². The summed E-state index contributed by atoms with van der Waals surface area (Å²) >= 11 is 0. The van der Waals surface area contributed by atoms with Crippen LogP contribution in [0.1, 0.15) is 324 Å². The van der Waals surface area contributed by atoms with Crippen LogP contribution in [0.4, 0.5) is 0 Å². The highest BCUT2D eigenvalue weighted by Gasteiger charge is 2.89. The summed E-state index contributed by atoms with van der Waals surface area (Å²) in [7, 11) is 3.86. The average Bonchev–Trinajstić information content (AvgIpc) is 1.46. The van der Waals surface area contributed by atoms with Gasteiger partial charge >= 0.3 is 0 Å². The standard InChI is InChI=1S/C115H128N6O2/c1-56-57(2)71-49-70(56)72-50-78-79(51-73(71)72)105(123-30)95-81-53-80(94(95)104(78)122-29)98-99(81)115(28)97-77-52-76(96(97)114(98,115)27)74-54-88-89(55-75(74)77)120-103-101-93(61-43-68(112(21,22)23)48-69(44-61)113(24,25)26)87-36-34-85(118-87)91(59-39-64(108(9,10)11)46-65(40-59)109(12,13)14)83-32-31-82(116-83)90(58-37-62(106(3,4)5)45-63(38-58)107(6,7)8)84-33-35-86(117-84)92(100(121-101)102(103)119-88)60-41-66(110(15,16)17)47-67(42-60)111(18,19)20/h31-48,50-51,54-55,70-71,76-77,80-81,96-99,117-118H,1-2,49,52-53H2,3-30H3/t70-,71+,76+,77-,80-,81+,96?,97?,98?,99?,114+,115-. The van der Waals surface area contributed by atoms with Gasteiger partial charge < -0.3 is 19.4 Å². The minimum absolute atomic E-state index is 0.140. The summed E-state index contributed by atoms with van der Waals surface area (Å²) in [5.74, 6) is 6.63. The van der Waals surface area contributed by atoms with Gasteiger partial charge in [-0.15, -0.1) is 0 Å². The molecule has 5 saturated carbocycles. The highest BCUT2D eigenvalue weighted by Crippen LogP contribution is 2.96. The third kappa shape index (κ3) is 11.3. The smallest absolute Gasteiger partial charge is 0.130 e. The first-order chi connectivity index (χ1) is 57.5. The zero-order valence-electron chi connectivity index (χ0n) is 78.6. The zero-order valence-corrected chi connectivity index (χ0v) is 78.6. The maximum Gasteiger partial charge on any atom is 0.130 e. The van der Waals surface area contributed by atoms with Gasteiger partial charge in [0.05, 0.1) is 36.6 Å². The number of ether oxygens (including phenoxy) is 2. The summed E-state index contributed by atoms with van der Waals surface area (Å²) in [4.78, 5) is 33.8. The minimum Gasteiger partial charge on any atom is -0.496 e. The number of nitrogens with one attached hydrogen (secondary N) is 2. The Balaban J connectivity index is 0.851. The highest BCUT2D eigenvalue weighted by molar-refractivity contribution is 6.06. The van der Waals surface area contributed by atoms with E-state index in [2.05, 4.69) is 337 Å². The van der Waals surface area contributed by atoms with Gasteiger partial charge in [-0.25, -0.2) is 19.9 Å². The summed E-state index contributed by atoms with van der Waals surface area (Å²) in [6.07, 6.45) is 7.96. The van der Waals surface area contributed by atoms with Gasteiger partial charge in [0.1, 0.15) is 34.3 Å². The number of H-pyrrole nitrogens is 2. The quantitative estimate of drug-likeness (QED) is 0.161. The van der Waals surface area contributed by atoms with Gasteiger partial charge in [0.15, 0.2) is 0 Å². The molecule has 8 aliphatic carbocycles. The molecule has 21 rings (SSSR count). The first-order valence-electron chi connectivity index (χ1n) is 46.1. The third-order valence-electron chi connectivity index (χ3n) is 32.8. The van der Waals surface area contributed by atoms with E-state index >= 15 is 0 Å². The molecule has 0 radical (unpaired) electrons. The van der Waals surface area contributed by atoms with Gasteiger partial charge in [0, 0.05) is 78.1 Å². The van der Waals surface area contributed by atoms with Crippen molar-refractivity contribution >= 4 is 56.0 Å². The van der Waals surface area contributed by atoms with Crippen LogP contribution in [0.2, 0.25) is 0 Å². The molecule has 11 aromatic rings. The number of nitrogens with zero attached hydrogens (tertiary/aromatic N) is 4. The normalized spacial score (nSPS) is 24.6. The molecule has 5 fully saturated rings. The first-order valence-corrected chi connectivity index (χ1v) is 46.1. The van der Waals surface area contributed by atoms with E-state index < -0.39 is 0 Å². The molecule has 8 heteroatoms. The Morgan fingerprint density at radius 1 is 0.317 bits per heavy atom. The van der Waals surface area contributed by atoms with Gasteiger partial charge in [-0.2, -0.15) is 0 Å². The molecule has 6 heterocycles. The van der Waals surface area contributed by atoms with Crippen LogP contribution in [0.15, 0.2) is 146 Å². The second-order valence-electron chi connectivity index (χ2n) is 48.1. The van der Waals surface area contributed by atoms with Gasteiger partial charge in [-0.1, -0.05) is 266 Å². The number of hydrogen-bond acceptors (Lipinski definition) is 6. The molecule has 2 N–H and O–H groups in total.